The Bertz CT molecular complexity index is 1120. The Morgan fingerprint density at radius 2 is 1.82 bits per heavy atom. The number of aromatic nitrogens is 1. The highest BCUT2D eigenvalue weighted by Gasteiger charge is 2.12. The smallest absolute Gasteiger partial charge is 0.338 e. The lowest BCUT2D eigenvalue weighted by Gasteiger charge is -2.07. The SMILES string of the molecule is CCCCOC(=O)c1ccc(NC(=O)Cc2csc(NC(=O)Nc3cccc(Cl)c3)n2)cc1. The lowest BCUT2D eigenvalue weighted by atomic mass is 10.2. The number of nitrogens with one attached hydrogen (secondary N) is 3. The van der Waals surface area contributed by atoms with Crippen LogP contribution in [-0.4, -0.2) is 29.5 Å². The molecule has 0 radical (unpaired) electrons. The largest absolute Gasteiger partial charge is 0.462 e. The van der Waals surface area contributed by atoms with E-state index in [1.807, 2.05) is 6.92 Å². The Morgan fingerprint density at radius 3 is 2.55 bits per heavy atom. The third-order valence-corrected chi connectivity index (χ3v) is 5.37. The average molecular weight is 487 g/mol. The van der Waals surface area contributed by atoms with Gasteiger partial charge in [-0.15, -0.1) is 11.3 Å². The summed E-state index contributed by atoms with van der Waals surface area (Å²) in [6.45, 7) is 2.41. The molecule has 0 aliphatic rings. The van der Waals surface area contributed by atoms with Crippen LogP contribution < -0.4 is 16.0 Å². The molecule has 2 aromatic carbocycles. The van der Waals surface area contributed by atoms with Crippen molar-refractivity contribution in [3.05, 3.63) is 70.2 Å². The van der Waals surface area contributed by atoms with Gasteiger partial charge in [0.1, 0.15) is 0 Å². The third kappa shape index (κ3) is 7.89. The fourth-order valence-corrected chi connectivity index (χ4v) is 3.62. The summed E-state index contributed by atoms with van der Waals surface area (Å²) in [7, 11) is 0. The van der Waals surface area contributed by atoms with E-state index in [4.69, 9.17) is 16.3 Å². The zero-order chi connectivity index (χ0) is 23.6. The fraction of sp³-hybridized carbons (Fsp3) is 0.217. The molecule has 0 fully saturated rings. The maximum absolute atomic E-state index is 12.3. The standard InChI is InChI=1S/C23H23ClN4O4S/c1-2-3-11-32-21(30)15-7-9-17(10-8-15)25-20(29)13-19-14-33-23(27-19)28-22(31)26-18-6-4-5-16(24)12-18/h4-10,12,14H,2-3,11,13H2,1H3,(H,25,29)(H2,26,27,28,31). The van der Waals surface area contributed by atoms with Crippen molar-refractivity contribution in [1.29, 1.82) is 0 Å². The number of carbonyl (C=O) groups is 3. The molecule has 172 valence electrons. The summed E-state index contributed by atoms with van der Waals surface area (Å²) >= 11 is 7.12. The molecule has 0 bridgehead atoms. The molecule has 0 aliphatic heterocycles. The minimum Gasteiger partial charge on any atom is -0.462 e. The van der Waals surface area contributed by atoms with E-state index >= 15 is 0 Å². The summed E-state index contributed by atoms with van der Waals surface area (Å²) in [6, 6.07) is 12.8. The van der Waals surface area contributed by atoms with Gasteiger partial charge in [0.2, 0.25) is 5.91 Å². The summed E-state index contributed by atoms with van der Waals surface area (Å²) in [6.07, 6.45) is 1.81. The zero-order valence-electron chi connectivity index (χ0n) is 17.9. The number of rotatable bonds is 9. The molecule has 0 spiro atoms. The second-order valence-corrected chi connectivity index (χ2v) is 8.32. The Hall–Kier alpha value is -3.43. The Balaban J connectivity index is 1.47. The number of hydrogen-bond acceptors (Lipinski definition) is 6. The number of nitrogens with zero attached hydrogens (tertiary/aromatic N) is 1. The van der Waals surface area contributed by atoms with E-state index < -0.39 is 6.03 Å². The van der Waals surface area contributed by atoms with Crippen LogP contribution >= 0.6 is 22.9 Å². The number of unbranched alkanes of at least 4 members (excludes halogenated alkanes) is 1. The van der Waals surface area contributed by atoms with Gasteiger partial charge in [0.25, 0.3) is 0 Å². The summed E-state index contributed by atoms with van der Waals surface area (Å²) in [5, 5.41) is 10.6. The lowest BCUT2D eigenvalue weighted by Crippen LogP contribution is -2.19. The first kappa shape index (κ1) is 24.2. The van der Waals surface area contributed by atoms with E-state index in [9.17, 15) is 14.4 Å². The Labute approximate surface area is 200 Å². The number of amides is 3. The van der Waals surface area contributed by atoms with Gasteiger partial charge in [-0.2, -0.15) is 0 Å². The van der Waals surface area contributed by atoms with Crippen LogP contribution in [0.25, 0.3) is 0 Å². The molecule has 3 amide bonds. The van der Waals surface area contributed by atoms with Gasteiger partial charge in [-0.25, -0.2) is 14.6 Å². The molecule has 3 aromatic rings. The minimum atomic E-state index is -0.462. The van der Waals surface area contributed by atoms with E-state index in [0.29, 0.717) is 39.4 Å². The van der Waals surface area contributed by atoms with E-state index in [0.717, 1.165) is 12.8 Å². The number of carbonyl (C=O) groups excluding carboxylic acids is 3. The highest BCUT2D eigenvalue weighted by Crippen LogP contribution is 2.19. The van der Waals surface area contributed by atoms with Gasteiger partial charge in [-0.3, -0.25) is 10.1 Å². The molecule has 0 saturated carbocycles. The van der Waals surface area contributed by atoms with Crippen molar-refractivity contribution in [3.8, 4) is 0 Å². The Morgan fingerprint density at radius 1 is 1.03 bits per heavy atom. The predicted octanol–water partition coefficient (Wildman–Crippen LogP) is 5.58. The van der Waals surface area contributed by atoms with Gasteiger partial charge in [0.05, 0.1) is 24.3 Å². The van der Waals surface area contributed by atoms with Crippen molar-refractivity contribution in [1.82, 2.24) is 4.98 Å². The van der Waals surface area contributed by atoms with Crippen LogP contribution in [0.15, 0.2) is 53.9 Å². The van der Waals surface area contributed by atoms with Crippen LogP contribution in [-0.2, 0) is 16.0 Å². The molecule has 1 heterocycles. The van der Waals surface area contributed by atoms with Crippen molar-refractivity contribution in [2.45, 2.75) is 26.2 Å². The average Bonchev–Trinajstić information content (AvgIpc) is 3.20. The van der Waals surface area contributed by atoms with Gasteiger partial charge < -0.3 is 15.4 Å². The van der Waals surface area contributed by atoms with E-state index in [1.165, 1.54) is 11.3 Å². The van der Waals surface area contributed by atoms with Crippen LogP contribution in [0.4, 0.5) is 21.3 Å². The maximum atomic E-state index is 12.3. The number of thiazole rings is 1. The number of esters is 1. The van der Waals surface area contributed by atoms with Gasteiger partial charge in [0, 0.05) is 21.8 Å². The quantitative estimate of drug-likeness (QED) is 0.270. The number of halogens is 1. The van der Waals surface area contributed by atoms with Gasteiger partial charge >= 0.3 is 12.0 Å². The summed E-state index contributed by atoms with van der Waals surface area (Å²) in [5.74, 6) is -0.656. The van der Waals surface area contributed by atoms with Crippen LogP contribution in [0, 0.1) is 0 Å². The first-order valence-electron chi connectivity index (χ1n) is 10.3. The summed E-state index contributed by atoms with van der Waals surface area (Å²) < 4.78 is 5.16. The lowest BCUT2D eigenvalue weighted by molar-refractivity contribution is -0.115. The monoisotopic (exact) mass is 486 g/mol. The molecule has 0 aliphatic carbocycles. The molecule has 3 rings (SSSR count). The number of anilines is 3. The number of benzene rings is 2. The number of ether oxygens (including phenoxy) is 1. The van der Waals surface area contributed by atoms with Crippen molar-refractivity contribution >= 4 is 57.4 Å². The number of urea groups is 1. The van der Waals surface area contributed by atoms with Crippen LogP contribution in [0.5, 0.6) is 0 Å². The molecule has 3 N–H and O–H groups in total. The Kier molecular flexibility index (Phi) is 8.79. The molecule has 8 nitrogen and oxygen atoms in total. The molecule has 0 unspecified atom stereocenters. The van der Waals surface area contributed by atoms with E-state index in [-0.39, 0.29) is 18.3 Å². The van der Waals surface area contributed by atoms with Crippen LogP contribution in [0.1, 0.15) is 35.8 Å². The van der Waals surface area contributed by atoms with Crippen LogP contribution in [0.2, 0.25) is 5.02 Å². The fourth-order valence-electron chi connectivity index (χ4n) is 2.72. The van der Waals surface area contributed by atoms with Crippen molar-refractivity contribution < 1.29 is 19.1 Å². The molecular weight excluding hydrogens is 464 g/mol. The molecule has 0 atom stereocenters. The van der Waals surface area contributed by atoms with Crippen LogP contribution in [0.3, 0.4) is 0 Å². The second kappa shape index (κ2) is 12.0. The second-order valence-electron chi connectivity index (χ2n) is 7.03. The van der Waals surface area contributed by atoms with E-state index in [1.54, 1.807) is 53.9 Å². The minimum absolute atomic E-state index is 0.0366. The van der Waals surface area contributed by atoms with Crippen molar-refractivity contribution in [2.24, 2.45) is 0 Å². The molecular formula is C23H23ClN4O4S. The first-order chi connectivity index (χ1) is 15.9. The topological polar surface area (TPSA) is 109 Å². The molecule has 1 aromatic heterocycles. The summed E-state index contributed by atoms with van der Waals surface area (Å²) in [4.78, 5) is 40.6. The molecule has 33 heavy (non-hydrogen) atoms. The van der Waals surface area contributed by atoms with Crippen molar-refractivity contribution in [3.63, 3.8) is 0 Å². The number of hydrogen-bond donors (Lipinski definition) is 3. The highest BCUT2D eigenvalue weighted by atomic mass is 35.5. The first-order valence-corrected chi connectivity index (χ1v) is 11.5. The normalized spacial score (nSPS) is 10.4. The van der Waals surface area contributed by atoms with E-state index in [2.05, 4.69) is 20.9 Å². The maximum Gasteiger partial charge on any atom is 0.338 e. The molecule has 0 saturated heterocycles. The molecule has 10 heteroatoms. The zero-order valence-corrected chi connectivity index (χ0v) is 19.5. The van der Waals surface area contributed by atoms with Gasteiger partial charge in [0.15, 0.2) is 5.13 Å². The van der Waals surface area contributed by atoms with Gasteiger partial charge in [-0.05, 0) is 48.9 Å². The highest BCUT2D eigenvalue weighted by molar-refractivity contribution is 7.14. The third-order valence-electron chi connectivity index (χ3n) is 4.33. The van der Waals surface area contributed by atoms with Crippen molar-refractivity contribution in [2.75, 3.05) is 22.6 Å². The van der Waals surface area contributed by atoms with Gasteiger partial charge in [-0.1, -0.05) is 31.0 Å². The predicted molar refractivity (Wildman–Crippen MR) is 130 cm³/mol. The summed E-state index contributed by atoms with van der Waals surface area (Å²) in [5.41, 5.74) is 2.05.